The van der Waals surface area contributed by atoms with Crippen molar-refractivity contribution in [3.8, 4) is 16.9 Å². The molecule has 0 aliphatic rings. The normalized spacial score (nSPS) is 10.5. The number of carbonyl (C=O) groups excluding carboxylic acids is 1. The summed E-state index contributed by atoms with van der Waals surface area (Å²) in [6.07, 6.45) is 1.64. The van der Waals surface area contributed by atoms with Gasteiger partial charge in [-0.05, 0) is 41.8 Å². The first kappa shape index (κ1) is 18.5. The third kappa shape index (κ3) is 4.47. The van der Waals surface area contributed by atoms with Crippen molar-refractivity contribution >= 4 is 5.91 Å². The molecule has 0 radical (unpaired) electrons. The van der Waals surface area contributed by atoms with Gasteiger partial charge in [0.15, 0.2) is 0 Å². The van der Waals surface area contributed by atoms with Crippen molar-refractivity contribution in [2.45, 2.75) is 13.5 Å². The van der Waals surface area contributed by atoms with E-state index in [1.165, 1.54) is 0 Å². The molecule has 6 heteroatoms. The van der Waals surface area contributed by atoms with Crippen LogP contribution in [0.1, 0.15) is 21.6 Å². The second-order valence-corrected chi connectivity index (χ2v) is 6.04. The smallest absolute Gasteiger partial charge is 0.251 e. The quantitative estimate of drug-likeness (QED) is 0.732. The SMILES string of the molecule is CNC(=O)c1ccc(-c2ccnc(COc3cc(F)cc(F)c3)c2)cc1C. The number of nitrogens with one attached hydrogen (secondary N) is 1. The van der Waals surface area contributed by atoms with E-state index >= 15 is 0 Å². The van der Waals surface area contributed by atoms with Gasteiger partial charge in [-0.3, -0.25) is 9.78 Å². The Morgan fingerprint density at radius 1 is 1.04 bits per heavy atom. The monoisotopic (exact) mass is 368 g/mol. The second kappa shape index (κ2) is 7.95. The van der Waals surface area contributed by atoms with Crippen LogP contribution in [0.15, 0.2) is 54.7 Å². The summed E-state index contributed by atoms with van der Waals surface area (Å²) in [5, 5.41) is 2.61. The Kier molecular flexibility index (Phi) is 5.45. The largest absolute Gasteiger partial charge is 0.487 e. The average Bonchev–Trinajstić information content (AvgIpc) is 2.65. The van der Waals surface area contributed by atoms with Gasteiger partial charge in [0, 0.05) is 37.0 Å². The highest BCUT2D eigenvalue weighted by Crippen LogP contribution is 2.23. The fourth-order valence-electron chi connectivity index (χ4n) is 2.74. The first-order valence-electron chi connectivity index (χ1n) is 8.33. The first-order chi connectivity index (χ1) is 13.0. The molecular weight excluding hydrogens is 350 g/mol. The zero-order chi connectivity index (χ0) is 19.4. The number of amides is 1. The van der Waals surface area contributed by atoms with E-state index in [-0.39, 0.29) is 18.3 Å². The van der Waals surface area contributed by atoms with Gasteiger partial charge in [-0.15, -0.1) is 0 Å². The lowest BCUT2D eigenvalue weighted by Crippen LogP contribution is -2.18. The summed E-state index contributed by atoms with van der Waals surface area (Å²) >= 11 is 0. The molecule has 3 rings (SSSR count). The molecule has 1 aromatic heterocycles. The number of hydrogen-bond donors (Lipinski definition) is 1. The van der Waals surface area contributed by atoms with Crippen LogP contribution in [-0.4, -0.2) is 17.9 Å². The van der Waals surface area contributed by atoms with Gasteiger partial charge in [0.1, 0.15) is 24.0 Å². The van der Waals surface area contributed by atoms with Gasteiger partial charge in [0.2, 0.25) is 0 Å². The number of benzene rings is 2. The summed E-state index contributed by atoms with van der Waals surface area (Å²) in [6.45, 7) is 1.95. The zero-order valence-corrected chi connectivity index (χ0v) is 14.9. The topological polar surface area (TPSA) is 51.2 Å². The average molecular weight is 368 g/mol. The van der Waals surface area contributed by atoms with Gasteiger partial charge in [-0.25, -0.2) is 8.78 Å². The number of hydrogen-bond acceptors (Lipinski definition) is 3. The summed E-state index contributed by atoms with van der Waals surface area (Å²) in [5.74, 6) is -1.42. The molecule has 0 unspecified atom stereocenters. The minimum atomic E-state index is -0.696. The molecule has 0 fully saturated rings. The Bertz CT molecular complexity index is 969. The molecule has 1 amide bonds. The molecule has 0 atom stereocenters. The Balaban J connectivity index is 1.79. The van der Waals surface area contributed by atoms with Crippen molar-refractivity contribution in [2.75, 3.05) is 7.05 Å². The van der Waals surface area contributed by atoms with Gasteiger partial charge >= 0.3 is 0 Å². The van der Waals surface area contributed by atoms with Crippen molar-refractivity contribution in [1.29, 1.82) is 0 Å². The van der Waals surface area contributed by atoms with E-state index in [0.717, 1.165) is 34.9 Å². The lowest BCUT2D eigenvalue weighted by molar-refractivity contribution is 0.0962. The van der Waals surface area contributed by atoms with Crippen molar-refractivity contribution < 1.29 is 18.3 Å². The highest BCUT2D eigenvalue weighted by molar-refractivity contribution is 5.96. The summed E-state index contributed by atoms with van der Waals surface area (Å²) in [7, 11) is 1.59. The van der Waals surface area contributed by atoms with Gasteiger partial charge in [0.25, 0.3) is 5.91 Å². The number of halogens is 2. The van der Waals surface area contributed by atoms with Crippen LogP contribution in [0, 0.1) is 18.6 Å². The van der Waals surface area contributed by atoms with Crippen molar-refractivity contribution in [3.05, 3.63) is 83.2 Å². The van der Waals surface area contributed by atoms with E-state index in [1.807, 2.05) is 31.2 Å². The maximum absolute atomic E-state index is 13.2. The molecule has 0 spiro atoms. The van der Waals surface area contributed by atoms with Crippen LogP contribution in [-0.2, 0) is 6.61 Å². The predicted molar refractivity (Wildman–Crippen MR) is 98.5 cm³/mol. The lowest BCUT2D eigenvalue weighted by atomic mass is 9.99. The van der Waals surface area contributed by atoms with Gasteiger partial charge < -0.3 is 10.1 Å². The number of carbonyl (C=O) groups is 1. The van der Waals surface area contributed by atoms with Crippen LogP contribution in [0.25, 0.3) is 11.1 Å². The van der Waals surface area contributed by atoms with Crippen LogP contribution in [0.4, 0.5) is 8.78 Å². The molecule has 0 saturated carbocycles. The minimum absolute atomic E-state index is 0.0754. The summed E-state index contributed by atoms with van der Waals surface area (Å²) < 4.78 is 31.9. The number of nitrogens with zero attached hydrogens (tertiary/aromatic N) is 1. The van der Waals surface area contributed by atoms with Gasteiger partial charge in [-0.2, -0.15) is 0 Å². The molecule has 0 aliphatic carbocycles. The number of pyridine rings is 1. The molecule has 138 valence electrons. The molecule has 0 aliphatic heterocycles. The highest BCUT2D eigenvalue weighted by Gasteiger charge is 2.09. The van der Waals surface area contributed by atoms with Crippen molar-refractivity contribution in [1.82, 2.24) is 10.3 Å². The number of aromatic nitrogens is 1. The molecule has 3 aromatic rings. The van der Waals surface area contributed by atoms with E-state index in [1.54, 1.807) is 19.3 Å². The summed E-state index contributed by atoms with van der Waals surface area (Å²) in [4.78, 5) is 16.0. The molecule has 1 N–H and O–H groups in total. The standard InChI is InChI=1S/C21H18F2N2O2/c1-13-7-14(3-4-20(13)21(26)24-2)15-5-6-25-18(8-15)12-27-19-10-16(22)9-17(23)11-19/h3-11H,12H2,1-2H3,(H,24,26). The number of aryl methyl sites for hydroxylation is 1. The van der Waals surface area contributed by atoms with Crippen LogP contribution >= 0.6 is 0 Å². The van der Waals surface area contributed by atoms with E-state index in [4.69, 9.17) is 4.74 Å². The lowest BCUT2D eigenvalue weighted by Gasteiger charge is -2.10. The molecule has 0 bridgehead atoms. The van der Waals surface area contributed by atoms with Crippen molar-refractivity contribution in [3.63, 3.8) is 0 Å². The zero-order valence-electron chi connectivity index (χ0n) is 14.9. The summed E-state index contributed by atoms with van der Waals surface area (Å²) in [6, 6.07) is 12.3. The summed E-state index contributed by atoms with van der Waals surface area (Å²) in [5.41, 5.74) is 3.93. The van der Waals surface area contributed by atoms with E-state index < -0.39 is 11.6 Å². The fraction of sp³-hybridized carbons (Fsp3) is 0.143. The molecule has 27 heavy (non-hydrogen) atoms. The maximum Gasteiger partial charge on any atom is 0.251 e. The first-order valence-corrected chi connectivity index (χ1v) is 8.33. The van der Waals surface area contributed by atoms with Crippen LogP contribution < -0.4 is 10.1 Å². The van der Waals surface area contributed by atoms with Crippen LogP contribution in [0.5, 0.6) is 5.75 Å². The van der Waals surface area contributed by atoms with Crippen LogP contribution in [0.2, 0.25) is 0 Å². The fourth-order valence-corrected chi connectivity index (χ4v) is 2.74. The second-order valence-electron chi connectivity index (χ2n) is 6.04. The van der Waals surface area contributed by atoms with E-state index in [9.17, 15) is 13.6 Å². The predicted octanol–water partition coefficient (Wildman–Crippen LogP) is 4.27. The highest BCUT2D eigenvalue weighted by atomic mass is 19.1. The molecular formula is C21H18F2N2O2. The van der Waals surface area contributed by atoms with Gasteiger partial charge in [-0.1, -0.05) is 12.1 Å². The van der Waals surface area contributed by atoms with Crippen LogP contribution in [0.3, 0.4) is 0 Å². The van der Waals surface area contributed by atoms with Crippen molar-refractivity contribution in [2.24, 2.45) is 0 Å². The molecule has 2 aromatic carbocycles. The Hall–Kier alpha value is -3.28. The third-order valence-electron chi connectivity index (χ3n) is 4.07. The maximum atomic E-state index is 13.2. The third-order valence-corrected chi connectivity index (χ3v) is 4.07. The Morgan fingerprint density at radius 2 is 1.74 bits per heavy atom. The molecule has 0 saturated heterocycles. The van der Waals surface area contributed by atoms with E-state index in [0.29, 0.717) is 11.3 Å². The Labute approximate surface area is 155 Å². The van der Waals surface area contributed by atoms with E-state index in [2.05, 4.69) is 10.3 Å². The minimum Gasteiger partial charge on any atom is -0.487 e. The molecule has 1 heterocycles. The Morgan fingerprint density at radius 3 is 2.41 bits per heavy atom. The number of rotatable bonds is 5. The molecule has 4 nitrogen and oxygen atoms in total. The van der Waals surface area contributed by atoms with Gasteiger partial charge in [0.05, 0.1) is 5.69 Å². The number of ether oxygens (including phenoxy) is 1.